The van der Waals surface area contributed by atoms with Crippen molar-refractivity contribution >= 4 is 7.60 Å². The van der Waals surface area contributed by atoms with Gasteiger partial charge in [0.25, 0.3) is 5.56 Å². The maximum absolute atomic E-state index is 11.7. The second-order valence-electron chi connectivity index (χ2n) is 6.05. The van der Waals surface area contributed by atoms with E-state index in [0.29, 0.717) is 0 Å². The van der Waals surface area contributed by atoms with Gasteiger partial charge < -0.3 is 24.5 Å². The van der Waals surface area contributed by atoms with Crippen LogP contribution in [0.4, 0.5) is 0 Å². The molecule has 1 aromatic heterocycles. The first kappa shape index (κ1) is 26.3. The molecule has 0 fully saturated rings. The van der Waals surface area contributed by atoms with Crippen molar-refractivity contribution in [3.8, 4) is 12.3 Å². The van der Waals surface area contributed by atoms with E-state index in [1.54, 1.807) is 0 Å². The van der Waals surface area contributed by atoms with E-state index >= 15 is 0 Å². The summed E-state index contributed by atoms with van der Waals surface area (Å²) >= 11 is 0. The van der Waals surface area contributed by atoms with E-state index in [2.05, 4.69) is 31.6 Å². The Morgan fingerprint density at radius 2 is 1.82 bits per heavy atom. The molecule has 0 radical (unpaired) electrons. The van der Waals surface area contributed by atoms with Crippen LogP contribution in [-0.2, 0) is 15.8 Å². The summed E-state index contributed by atoms with van der Waals surface area (Å²) in [5.41, 5.74) is -2.91. The lowest BCUT2D eigenvalue weighted by molar-refractivity contribution is -0.0341. The third kappa shape index (κ3) is 8.97. The predicted molar refractivity (Wildman–Crippen MR) is 106 cm³/mol. The van der Waals surface area contributed by atoms with E-state index in [0.717, 1.165) is 4.57 Å². The summed E-state index contributed by atoms with van der Waals surface area (Å²) in [5.74, 6) is 2.08. The lowest BCUT2D eigenvalue weighted by Gasteiger charge is -2.27. The average molecular weight is 419 g/mol. The van der Waals surface area contributed by atoms with Crippen LogP contribution >= 0.6 is 7.60 Å². The van der Waals surface area contributed by atoms with Crippen LogP contribution in [0.5, 0.6) is 0 Å². The third-order valence-electron chi connectivity index (χ3n) is 3.98. The molecule has 0 aromatic carbocycles. The number of H-pyrrole nitrogens is 1. The second-order valence-corrected chi connectivity index (χ2v) is 7.64. The molecule has 4 N–H and O–H groups in total. The topological polar surface area (TPSA) is 145 Å². The smallest absolute Gasteiger partial charge is 0.351 e. The van der Waals surface area contributed by atoms with E-state index in [9.17, 15) is 19.3 Å². The molecule has 0 aliphatic carbocycles. The fourth-order valence-electron chi connectivity index (χ4n) is 2.16. The Hall–Kier alpha value is -1.73. The first-order chi connectivity index (χ1) is 13.0. The van der Waals surface area contributed by atoms with Crippen molar-refractivity contribution in [3.05, 3.63) is 32.6 Å². The molecule has 1 heterocycles. The lowest BCUT2D eigenvalue weighted by atomic mass is 10.1. The monoisotopic (exact) mass is 419 g/mol. The van der Waals surface area contributed by atoms with E-state index in [4.69, 9.17) is 20.9 Å². The minimum Gasteiger partial charge on any atom is -0.392 e. The van der Waals surface area contributed by atoms with Gasteiger partial charge in [-0.1, -0.05) is 26.7 Å². The van der Waals surface area contributed by atoms with Crippen LogP contribution in [0.2, 0.25) is 0 Å². The van der Waals surface area contributed by atoms with Crippen LogP contribution in [0.3, 0.4) is 0 Å². The molecule has 1 rings (SSSR count). The summed E-state index contributed by atoms with van der Waals surface area (Å²) in [4.78, 5) is 44.9. The van der Waals surface area contributed by atoms with Gasteiger partial charge in [0.15, 0.2) is 11.9 Å². The number of rotatable bonds is 9. The maximum Gasteiger partial charge on any atom is 0.351 e. The normalized spacial score (nSPS) is 13.4. The van der Waals surface area contributed by atoms with Gasteiger partial charge in [-0.3, -0.25) is 18.9 Å². The van der Waals surface area contributed by atoms with Crippen molar-refractivity contribution < 1.29 is 24.2 Å². The Morgan fingerprint density at radius 1 is 1.29 bits per heavy atom. The zero-order chi connectivity index (χ0) is 22.0. The summed E-state index contributed by atoms with van der Waals surface area (Å²) in [6.45, 7) is 10.4. The van der Waals surface area contributed by atoms with Crippen LogP contribution in [0.1, 0.15) is 26.3 Å². The van der Waals surface area contributed by atoms with Gasteiger partial charge in [-0.2, -0.15) is 0 Å². The summed E-state index contributed by atoms with van der Waals surface area (Å²) in [6.07, 6.45) is 5.45. The maximum atomic E-state index is 11.7. The molecule has 11 heteroatoms. The Balaban J connectivity index is 0.000000887. The van der Waals surface area contributed by atoms with E-state index in [1.165, 1.54) is 32.8 Å². The Labute approximate surface area is 164 Å². The van der Waals surface area contributed by atoms with Crippen molar-refractivity contribution in [1.82, 2.24) is 14.5 Å². The van der Waals surface area contributed by atoms with Crippen LogP contribution in [-0.4, -0.2) is 67.5 Å². The number of nitrogens with one attached hydrogen (secondary N) is 1. The van der Waals surface area contributed by atoms with Crippen molar-refractivity contribution in [2.75, 3.05) is 32.6 Å². The number of nitrogens with zero attached hydrogens (tertiary/aromatic N) is 2. The molecule has 0 aliphatic rings. The quantitative estimate of drug-likeness (QED) is 0.316. The lowest BCUT2D eigenvalue weighted by Crippen LogP contribution is -2.44. The Bertz CT molecular complexity index is 799. The van der Waals surface area contributed by atoms with Gasteiger partial charge in [-0.05, 0) is 26.6 Å². The molecule has 28 heavy (non-hydrogen) atoms. The molecule has 0 saturated carbocycles. The number of aryl methyl sites for hydroxylation is 1. The average Bonchev–Trinajstić information content (AvgIpc) is 2.64. The van der Waals surface area contributed by atoms with Crippen LogP contribution < -0.4 is 11.2 Å². The van der Waals surface area contributed by atoms with Gasteiger partial charge in [-0.25, -0.2) is 4.79 Å². The van der Waals surface area contributed by atoms with Gasteiger partial charge in [0.1, 0.15) is 0 Å². The number of hydrogen-bond acceptors (Lipinski definition) is 6. The second kappa shape index (κ2) is 12.0. The summed E-state index contributed by atoms with van der Waals surface area (Å²) in [6, 6.07) is 0. The molecule has 0 saturated heterocycles. The number of aliphatic hydroxyl groups is 1. The highest BCUT2D eigenvalue weighted by molar-refractivity contribution is 7.51. The number of hydrogen-bond donors (Lipinski definition) is 4. The van der Waals surface area contributed by atoms with Crippen molar-refractivity contribution in [1.29, 1.82) is 0 Å². The molecule has 10 nitrogen and oxygen atoms in total. The highest BCUT2D eigenvalue weighted by Crippen LogP contribution is 2.35. The van der Waals surface area contributed by atoms with Crippen molar-refractivity contribution in [2.45, 2.75) is 39.8 Å². The van der Waals surface area contributed by atoms with E-state index in [1.807, 2.05) is 4.98 Å². The summed E-state index contributed by atoms with van der Waals surface area (Å²) in [5, 5.41) is 9.34. The van der Waals surface area contributed by atoms with Gasteiger partial charge in [-0.15, -0.1) is 6.42 Å². The minimum absolute atomic E-state index is 0.230. The SMILES string of the molecule is C#CC(CO)(Cn1cc(C)c(=O)[nH]c1=O)OCP(=O)(O)O.CCN(CC)CC. The van der Waals surface area contributed by atoms with Crippen LogP contribution in [0, 0.1) is 19.3 Å². The fourth-order valence-corrected chi connectivity index (χ4v) is 2.58. The number of aromatic amines is 1. The predicted octanol–water partition coefficient (Wildman–Crippen LogP) is -0.291. The molecule has 0 bridgehead atoms. The number of aliphatic hydroxyl groups excluding tert-OH is 1. The molecule has 160 valence electrons. The number of terminal acetylenes is 1. The van der Waals surface area contributed by atoms with Crippen LogP contribution in [0.15, 0.2) is 15.8 Å². The van der Waals surface area contributed by atoms with E-state index in [-0.39, 0.29) is 12.1 Å². The van der Waals surface area contributed by atoms with Gasteiger partial charge in [0, 0.05) is 11.8 Å². The largest absolute Gasteiger partial charge is 0.392 e. The van der Waals surface area contributed by atoms with Crippen LogP contribution in [0.25, 0.3) is 0 Å². The van der Waals surface area contributed by atoms with Crippen molar-refractivity contribution in [3.63, 3.8) is 0 Å². The summed E-state index contributed by atoms with van der Waals surface area (Å²) in [7, 11) is -4.50. The standard InChI is InChI=1S/C11H15N2O7P.C6H15N/c1-3-11(6-14,20-7-21(17,18)19)5-13-4-8(2)9(15)12-10(13)16;1-4-7(5-2)6-3/h1,4,14H,5-7H2,2H3,(H,12,15,16)(H2,17,18,19);4-6H2,1-3H3. The van der Waals surface area contributed by atoms with Gasteiger partial charge >= 0.3 is 13.3 Å². The molecule has 0 amide bonds. The Kier molecular flexibility index (Phi) is 11.2. The zero-order valence-corrected chi connectivity index (χ0v) is 17.6. The molecular weight excluding hydrogens is 389 g/mol. The first-order valence-electron chi connectivity index (χ1n) is 8.77. The molecule has 0 aliphatic heterocycles. The molecule has 1 atom stereocenters. The minimum atomic E-state index is -4.50. The molecular formula is C17H30N3O7P. The summed E-state index contributed by atoms with van der Waals surface area (Å²) < 4.78 is 16.7. The number of aromatic nitrogens is 2. The van der Waals surface area contributed by atoms with Crippen molar-refractivity contribution in [2.24, 2.45) is 0 Å². The highest BCUT2D eigenvalue weighted by atomic mass is 31.2. The first-order valence-corrected chi connectivity index (χ1v) is 10.6. The van der Waals surface area contributed by atoms with E-state index < -0.39 is 37.4 Å². The molecule has 0 spiro atoms. The number of ether oxygens (including phenoxy) is 1. The van der Waals surface area contributed by atoms with Gasteiger partial charge in [0.05, 0.1) is 13.2 Å². The molecule has 1 aromatic rings. The fraction of sp³-hybridized carbons (Fsp3) is 0.647. The highest BCUT2D eigenvalue weighted by Gasteiger charge is 2.32. The zero-order valence-electron chi connectivity index (χ0n) is 16.7. The third-order valence-corrected chi connectivity index (χ3v) is 4.45. The van der Waals surface area contributed by atoms with Gasteiger partial charge in [0.2, 0.25) is 0 Å². The molecule has 1 unspecified atom stereocenters. The Morgan fingerprint density at radius 3 is 2.18 bits per heavy atom.